The van der Waals surface area contributed by atoms with E-state index in [0.29, 0.717) is 33.6 Å². The van der Waals surface area contributed by atoms with Crippen LogP contribution in [0.15, 0.2) is 40.9 Å². The van der Waals surface area contributed by atoms with E-state index in [0.717, 1.165) is 18.4 Å². The van der Waals surface area contributed by atoms with Crippen LogP contribution in [0.2, 0.25) is 0 Å². The maximum atomic E-state index is 12.8. The monoisotopic (exact) mass is 547 g/mol. The molecule has 0 fully saturated rings. The number of aliphatic carboxylic acids is 1. The van der Waals surface area contributed by atoms with Gasteiger partial charge < -0.3 is 19.9 Å². The van der Waals surface area contributed by atoms with Gasteiger partial charge in [0.15, 0.2) is 6.61 Å². The molecule has 0 aliphatic carbocycles. The van der Waals surface area contributed by atoms with Gasteiger partial charge in [0.1, 0.15) is 11.5 Å². The molecule has 0 saturated heterocycles. The van der Waals surface area contributed by atoms with Gasteiger partial charge in [-0.25, -0.2) is 4.79 Å². The summed E-state index contributed by atoms with van der Waals surface area (Å²) in [7, 11) is 1.58. The molecule has 2 aromatic carbocycles. The van der Waals surface area contributed by atoms with Crippen LogP contribution in [0.3, 0.4) is 0 Å². The zero-order chi connectivity index (χ0) is 25.5. The van der Waals surface area contributed by atoms with Crippen molar-refractivity contribution < 1.29 is 24.2 Å². The highest BCUT2D eigenvalue weighted by Gasteiger charge is 2.17. The molecule has 2 N–H and O–H groups in total. The van der Waals surface area contributed by atoms with Crippen molar-refractivity contribution in [3.8, 4) is 22.6 Å². The number of carbonyl (C=O) groups excluding carboxylic acids is 1. The third kappa shape index (κ3) is 10.3. The number of methoxy groups -OCH3 is 1. The van der Waals surface area contributed by atoms with E-state index in [4.69, 9.17) is 14.6 Å². The topological polar surface area (TPSA) is 84.9 Å². The van der Waals surface area contributed by atoms with E-state index < -0.39 is 12.6 Å². The fourth-order valence-electron chi connectivity index (χ4n) is 3.93. The molecule has 7 heteroatoms. The molecule has 6 nitrogen and oxygen atoms in total. The molecule has 0 radical (unpaired) electrons. The Labute approximate surface area is 217 Å². The molecule has 2 rings (SSSR count). The second-order valence-corrected chi connectivity index (χ2v) is 9.54. The van der Waals surface area contributed by atoms with E-state index in [1.165, 1.54) is 51.4 Å². The summed E-state index contributed by atoms with van der Waals surface area (Å²) in [6.45, 7) is 2.38. The molecule has 0 aliphatic rings. The first-order valence-electron chi connectivity index (χ1n) is 12.6. The van der Waals surface area contributed by atoms with E-state index in [9.17, 15) is 9.59 Å². The van der Waals surface area contributed by atoms with Crippen molar-refractivity contribution in [2.75, 3.05) is 20.3 Å². The molecule has 192 valence electrons. The summed E-state index contributed by atoms with van der Waals surface area (Å²) in [4.78, 5) is 23.9. The van der Waals surface area contributed by atoms with Gasteiger partial charge in [0.2, 0.25) is 0 Å². The third-order valence-electron chi connectivity index (χ3n) is 5.84. The minimum Gasteiger partial charge on any atom is -0.497 e. The average molecular weight is 549 g/mol. The zero-order valence-electron chi connectivity index (χ0n) is 20.9. The lowest BCUT2D eigenvalue weighted by atomic mass is 10.0. The van der Waals surface area contributed by atoms with E-state index in [1.54, 1.807) is 19.2 Å². The molecule has 2 aromatic rings. The van der Waals surface area contributed by atoms with Crippen molar-refractivity contribution in [2.45, 2.75) is 71.1 Å². The van der Waals surface area contributed by atoms with Crippen LogP contribution in [0.1, 0.15) is 81.5 Å². The molecule has 0 aliphatic heterocycles. The van der Waals surface area contributed by atoms with Crippen LogP contribution >= 0.6 is 15.9 Å². The Kier molecular flexibility index (Phi) is 13.3. The first-order chi connectivity index (χ1) is 17.0. The lowest BCUT2D eigenvalue weighted by Gasteiger charge is -2.15. The molecule has 1 amide bonds. The number of carboxylic acid groups (broad SMARTS) is 1. The number of rotatable bonds is 17. The third-order valence-corrected chi connectivity index (χ3v) is 6.43. The molecule has 0 atom stereocenters. The van der Waals surface area contributed by atoms with Gasteiger partial charge in [-0.1, -0.05) is 76.8 Å². The van der Waals surface area contributed by atoms with Crippen LogP contribution < -0.4 is 14.8 Å². The summed E-state index contributed by atoms with van der Waals surface area (Å²) in [5.74, 6) is -0.229. The number of carboxylic acids is 1. The standard InChI is InChI=1S/C28H38BrNO5/c1-3-4-5-6-7-8-9-10-11-12-16-30-28(33)22-18-24(21-14-13-15-23(17-21)34-2)27(25(29)19-22)35-20-26(31)32/h13-15,17-19H,3-12,16,20H2,1-2H3,(H,30,33)(H,31,32). The summed E-state index contributed by atoms with van der Waals surface area (Å²) >= 11 is 3.46. The maximum Gasteiger partial charge on any atom is 0.341 e. The largest absolute Gasteiger partial charge is 0.497 e. The van der Waals surface area contributed by atoms with E-state index >= 15 is 0 Å². The van der Waals surface area contributed by atoms with Crippen molar-refractivity contribution in [3.63, 3.8) is 0 Å². The molecule has 35 heavy (non-hydrogen) atoms. The van der Waals surface area contributed by atoms with Gasteiger partial charge in [-0.15, -0.1) is 0 Å². The quantitative estimate of drug-likeness (QED) is 0.204. The fourth-order valence-corrected chi connectivity index (χ4v) is 4.50. The highest BCUT2D eigenvalue weighted by Crippen LogP contribution is 2.39. The predicted octanol–water partition coefficient (Wildman–Crippen LogP) is 7.24. The van der Waals surface area contributed by atoms with Crippen molar-refractivity contribution in [1.82, 2.24) is 5.32 Å². The first kappa shape index (κ1) is 28.7. The van der Waals surface area contributed by atoms with Crippen LogP contribution in [0.5, 0.6) is 11.5 Å². The smallest absolute Gasteiger partial charge is 0.341 e. The second kappa shape index (κ2) is 16.2. The Hall–Kier alpha value is -2.54. The second-order valence-electron chi connectivity index (χ2n) is 8.69. The maximum absolute atomic E-state index is 12.8. The van der Waals surface area contributed by atoms with Crippen molar-refractivity contribution in [2.24, 2.45) is 0 Å². The van der Waals surface area contributed by atoms with E-state index in [1.807, 2.05) is 24.3 Å². The normalized spacial score (nSPS) is 10.7. The minimum atomic E-state index is -1.08. The number of benzene rings is 2. The van der Waals surface area contributed by atoms with Gasteiger partial charge in [-0.05, 0) is 52.2 Å². The predicted molar refractivity (Wildman–Crippen MR) is 143 cm³/mol. The molecular formula is C28H38BrNO5. The van der Waals surface area contributed by atoms with Crippen molar-refractivity contribution in [3.05, 3.63) is 46.4 Å². The Balaban J connectivity index is 1.95. The number of unbranched alkanes of at least 4 members (excludes halogenated alkanes) is 9. The molecule has 0 bridgehead atoms. The summed E-state index contributed by atoms with van der Waals surface area (Å²) in [6.07, 6.45) is 12.5. The lowest BCUT2D eigenvalue weighted by Crippen LogP contribution is -2.24. The van der Waals surface area contributed by atoms with Crippen LogP contribution in [-0.2, 0) is 4.79 Å². The highest BCUT2D eigenvalue weighted by atomic mass is 79.9. The number of carbonyl (C=O) groups is 2. The Morgan fingerprint density at radius 3 is 2.23 bits per heavy atom. The van der Waals surface area contributed by atoms with Crippen LogP contribution in [0, 0.1) is 0 Å². The number of amides is 1. The number of nitrogens with one attached hydrogen (secondary N) is 1. The van der Waals surface area contributed by atoms with Crippen LogP contribution in [0.4, 0.5) is 0 Å². The zero-order valence-corrected chi connectivity index (χ0v) is 22.5. The van der Waals surface area contributed by atoms with Gasteiger partial charge in [-0.2, -0.15) is 0 Å². The Bertz CT molecular complexity index is 947. The molecular weight excluding hydrogens is 510 g/mol. The van der Waals surface area contributed by atoms with Crippen molar-refractivity contribution in [1.29, 1.82) is 0 Å². The summed E-state index contributed by atoms with van der Waals surface area (Å²) < 4.78 is 11.4. The summed E-state index contributed by atoms with van der Waals surface area (Å²) in [5.41, 5.74) is 1.85. The van der Waals surface area contributed by atoms with Gasteiger partial charge in [0.05, 0.1) is 11.6 Å². The van der Waals surface area contributed by atoms with Crippen LogP contribution in [0.25, 0.3) is 11.1 Å². The van der Waals surface area contributed by atoms with Crippen molar-refractivity contribution >= 4 is 27.8 Å². The minimum absolute atomic E-state index is 0.171. The molecule has 0 spiro atoms. The SMILES string of the molecule is CCCCCCCCCCCCNC(=O)c1cc(Br)c(OCC(=O)O)c(-c2cccc(OC)c2)c1. The number of ether oxygens (including phenoxy) is 2. The van der Waals surface area contributed by atoms with E-state index in [-0.39, 0.29) is 5.91 Å². The molecule has 0 aromatic heterocycles. The number of hydrogen-bond acceptors (Lipinski definition) is 4. The van der Waals surface area contributed by atoms with Crippen LogP contribution in [-0.4, -0.2) is 37.2 Å². The highest BCUT2D eigenvalue weighted by molar-refractivity contribution is 9.10. The van der Waals surface area contributed by atoms with E-state index in [2.05, 4.69) is 28.2 Å². The molecule has 0 unspecified atom stereocenters. The van der Waals surface area contributed by atoms with Gasteiger partial charge >= 0.3 is 5.97 Å². The number of hydrogen-bond donors (Lipinski definition) is 2. The van der Waals surface area contributed by atoms with Gasteiger partial charge in [0.25, 0.3) is 5.91 Å². The average Bonchev–Trinajstić information content (AvgIpc) is 2.85. The van der Waals surface area contributed by atoms with Gasteiger partial charge in [0, 0.05) is 17.7 Å². The van der Waals surface area contributed by atoms with Gasteiger partial charge in [-0.3, -0.25) is 4.79 Å². The Morgan fingerprint density at radius 1 is 0.943 bits per heavy atom. The number of halogens is 1. The lowest BCUT2D eigenvalue weighted by molar-refractivity contribution is -0.139. The molecule has 0 saturated carbocycles. The summed E-state index contributed by atoms with van der Waals surface area (Å²) in [6, 6.07) is 10.7. The fraction of sp³-hybridized carbons (Fsp3) is 0.500. The molecule has 0 heterocycles. The first-order valence-corrected chi connectivity index (χ1v) is 13.4. The summed E-state index contributed by atoms with van der Waals surface area (Å²) in [5, 5.41) is 12.1. The Morgan fingerprint density at radius 2 is 1.60 bits per heavy atom.